The summed E-state index contributed by atoms with van der Waals surface area (Å²) in [5.41, 5.74) is 7.91. The van der Waals surface area contributed by atoms with E-state index in [4.69, 9.17) is 5.73 Å². The van der Waals surface area contributed by atoms with Gasteiger partial charge in [0.15, 0.2) is 0 Å². The van der Waals surface area contributed by atoms with Crippen LogP contribution in [0.4, 0.5) is 5.69 Å². The van der Waals surface area contributed by atoms with Crippen LogP contribution < -0.4 is 11.1 Å². The third-order valence-electron chi connectivity index (χ3n) is 3.13. The number of rotatable bonds is 4. The van der Waals surface area contributed by atoms with Crippen molar-refractivity contribution in [2.75, 3.05) is 5.73 Å². The van der Waals surface area contributed by atoms with Crippen LogP contribution in [0.15, 0.2) is 35.7 Å². The van der Waals surface area contributed by atoms with Crippen LogP contribution in [-0.2, 0) is 0 Å². The van der Waals surface area contributed by atoms with Crippen LogP contribution >= 0.6 is 11.3 Å². The molecule has 1 atom stereocenters. The molecule has 1 aromatic carbocycles. The van der Waals surface area contributed by atoms with Crippen LogP contribution in [0.25, 0.3) is 0 Å². The summed E-state index contributed by atoms with van der Waals surface area (Å²) in [7, 11) is 0. The van der Waals surface area contributed by atoms with Gasteiger partial charge in [-0.05, 0) is 36.4 Å². The minimum Gasteiger partial charge on any atom is -0.398 e. The van der Waals surface area contributed by atoms with E-state index in [1.165, 1.54) is 4.88 Å². The van der Waals surface area contributed by atoms with E-state index in [9.17, 15) is 4.79 Å². The highest BCUT2D eigenvalue weighted by atomic mass is 32.1. The largest absolute Gasteiger partial charge is 0.398 e. The fourth-order valence-electron chi connectivity index (χ4n) is 2.09. The summed E-state index contributed by atoms with van der Waals surface area (Å²) in [5, 5.41) is 5.08. The molecule has 0 aliphatic heterocycles. The minimum absolute atomic E-state index is 0.0477. The fourth-order valence-corrected chi connectivity index (χ4v) is 2.96. The fraction of sp³-hybridized carbons (Fsp3) is 0.267. The van der Waals surface area contributed by atoms with Crippen molar-refractivity contribution in [2.24, 2.45) is 0 Å². The average molecular weight is 274 g/mol. The zero-order valence-electron chi connectivity index (χ0n) is 11.1. The van der Waals surface area contributed by atoms with Gasteiger partial charge in [-0.25, -0.2) is 0 Å². The second kappa shape index (κ2) is 5.89. The maximum Gasteiger partial charge on any atom is 0.254 e. The Morgan fingerprint density at radius 1 is 1.37 bits per heavy atom. The molecule has 0 spiro atoms. The van der Waals surface area contributed by atoms with Gasteiger partial charge >= 0.3 is 0 Å². The number of nitrogen functional groups attached to an aromatic ring is 1. The number of hydrogen-bond donors (Lipinski definition) is 2. The number of benzene rings is 1. The summed E-state index contributed by atoms with van der Waals surface area (Å²) in [6, 6.07) is 9.60. The number of aryl methyl sites for hydroxylation is 1. The SMILES string of the molecule is CCC(NC(=O)c1c(C)cccc1N)c1cccs1. The Labute approximate surface area is 117 Å². The summed E-state index contributed by atoms with van der Waals surface area (Å²) in [6.07, 6.45) is 0.859. The molecule has 0 radical (unpaired) electrons. The van der Waals surface area contributed by atoms with Gasteiger partial charge in [0.1, 0.15) is 0 Å². The first kappa shape index (κ1) is 13.6. The summed E-state index contributed by atoms with van der Waals surface area (Å²) in [5.74, 6) is -0.101. The van der Waals surface area contributed by atoms with E-state index < -0.39 is 0 Å². The normalized spacial score (nSPS) is 12.1. The standard InChI is InChI=1S/C15H18N2OS/c1-3-12(13-8-5-9-19-13)17-15(18)14-10(2)6-4-7-11(14)16/h4-9,12H,3,16H2,1-2H3,(H,17,18). The highest BCUT2D eigenvalue weighted by molar-refractivity contribution is 7.10. The number of anilines is 1. The van der Waals surface area contributed by atoms with Crippen LogP contribution in [-0.4, -0.2) is 5.91 Å². The van der Waals surface area contributed by atoms with Crippen molar-refractivity contribution in [2.45, 2.75) is 26.3 Å². The third kappa shape index (κ3) is 2.96. The molecule has 1 amide bonds. The van der Waals surface area contributed by atoms with E-state index >= 15 is 0 Å². The van der Waals surface area contributed by atoms with Crippen LogP contribution in [0.2, 0.25) is 0 Å². The Hall–Kier alpha value is -1.81. The zero-order valence-corrected chi connectivity index (χ0v) is 12.0. The third-order valence-corrected chi connectivity index (χ3v) is 4.12. The molecule has 1 aromatic heterocycles. The van der Waals surface area contributed by atoms with Gasteiger partial charge in [0.05, 0.1) is 11.6 Å². The monoisotopic (exact) mass is 274 g/mol. The molecule has 100 valence electrons. The van der Waals surface area contributed by atoms with Crippen LogP contribution in [0, 0.1) is 6.92 Å². The number of hydrogen-bond acceptors (Lipinski definition) is 3. The van der Waals surface area contributed by atoms with Crippen molar-refractivity contribution in [3.05, 3.63) is 51.7 Å². The van der Waals surface area contributed by atoms with Crippen LogP contribution in [0.3, 0.4) is 0 Å². The molecule has 0 saturated carbocycles. The molecule has 3 N–H and O–H groups in total. The van der Waals surface area contributed by atoms with Crippen LogP contribution in [0.1, 0.15) is 40.2 Å². The van der Waals surface area contributed by atoms with Crippen molar-refractivity contribution < 1.29 is 4.79 Å². The molecular weight excluding hydrogens is 256 g/mol. The lowest BCUT2D eigenvalue weighted by molar-refractivity contribution is 0.0936. The molecule has 4 heteroatoms. The van der Waals surface area contributed by atoms with Gasteiger partial charge in [0, 0.05) is 10.6 Å². The van der Waals surface area contributed by atoms with E-state index in [1.54, 1.807) is 17.4 Å². The highest BCUT2D eigenvalue weighted by Gasteiger charge is 2.17. The maximum atomic E-state index is 12.4. The first-order valence-electron chi connectivity index (χ1n) is 6.32. The molecule has 3 nitrogen and oxygen atoms in total. The quantitative estimate of drug-likeness (QED) is 0.838. The van der Waals surface area contributed by atoms with E-state index in [-0.39, 0.29) is 11.9 Å². The summed E-state index contributed by atoms with van der Waals surface area (Å²) >= 11 is 1.66. The molecule has 2 rings (SSSR count). The molecule has 19 heavy (non-hydrogen) atoms. The number of carbonyl (C=O) groups is 1. The lowest BCUT2D eigenvalue weighted by Gasteiger charge is -2.17. The van der Waals surface area contributed by atoms with E-state index in [2.05, 4.69) is 12.2 Å². The second-order valence-electron chi connectivity index (χ2n) is 4.49. The number of nitrogens with two attached hydrogens (primary N) is 1. The highest BCUT2D eigenvalue weighted by Crippen LogP contribution is 2.23. The predicted octanol–water partition coefficient (Wildman–Crippen LogP) is 3.52. The number of nitrogens with one attached hydrogen (secondary N) is 1. The van der Waals surface area contributed by atoms with Gasteiger partial charge in [-0.3, -0.25) is 4.79 Å². The van der Waals surface area contributed by atoms with Crippen molar-refractivity contribution in [1.82, 2.24) is 5.32 Å². The first-order valence-corrected chi connectivity index (χ1v) is 7.20. The molecule has 0 aliphatic carbocycles. The average Bonchev–Trinajstić information content (AvgIpc) is 2.89. The van der Waals surface area contributed by atoms with Crippen molar-refractivity contribution in [1.29, 1.82) is 0 Å². The number of thiophene rings is 1. The Balaban J connectivity index is 2.21. The predicted molar refractivity (Wildman–Crippen MR) is 80.4 cm³/mol. The van der Waals surface area contributed by atoms with Gasteiger partial charge in [-0.15, -0.1) is 11.3 Å². The smallest absolute Gasteiger partial charge is 0.254 e. The van der Waals surface area contributed by atoms with Gasteiger partial charge < -0.3 is 11.1 Å². The molecule has 1 heterocycles. The van der Waals surface area contributed by atoms with Gasteiger partial charge in [0.25, 0.3) is 5.91 Å². The Kier molecular flexibility index (Phi) is 4.22. The zero-order chi connectivity index (χ0) is 13.8. The van der Waals surface area contributed by atoms with Crippen molar-refractivity contribution in [3.8, 4) is 0 Å². The Bertz CT molecular complexity index is 543. The maximum absolute atomic E-state index is 12.4. The lowest BCUT2D eigenvalue weighted by atomic mass is 10.0. The topological polar surface area (TPSA) is 55.1 Å². The Morgan fingerprint density at radius 3 is 2.74 bits per heavy atom. The van der Waals surface area contributed by atoms with Crippen molar-refractivity contribution in [3.63, 3.8) is 0 Å². The van der Waals surface area contributed by atoms with Crippen molar-refractivity contribution >= 4 is 22.9 Å². The lowest BCUT2D eigenvalue weighted by Crippen LogP contribution is -2.29. The number of carbonyl (C=O) groups excluding carboxylic acids is 1. The molecule has 0 saturated heterocycles. The molecule has 0 bridgehead atoms. The summed E-state index contributed by atoms with van der Waals surface area (Å²) in [6.45, 7) is 3.96. The molecule has 0 fully saturated rings. The second-order valence-corrected chi connectivity index (χ2v) is 5.47. The van der Waals surface area contributed by atoms with Gasteiger partial charge in [0.2, 0.25) is 0 Å². The molecule has 0 aliphatic rings. The van der Waals surface area contributed by atoms with Gasteiger partial charge in [-0.1, -0.05) is 25.1 Å². The first-order chi connectivity index (χ1) is 9.13. The minimum atomic E-state index is -0.101. The molecule has 2 aromatic rings. The molecule has 1 unspecified atom stereocenters. The summed E-state index contributed by atoms with van der Waals surface area (Å²) < 4.78 is 0. The molecular formula is C15H18N2OS. The number of amides is 1. The van der Waals surface area contributed by atoms with E-state index in [0.717, 1.165) is 12.0 Å². The van der Waals surface area contributed by atoms with Crippen LogP contribution in [0.5, 0.6) is 0 Å². The van der Waals surface area contributed by atoms with E-state index in [0.29, 0.717) is 11.3 Å². The van der Waals surface area contributed by atoms with E-state index in [1.807, 2.05) is 36.6 Å². The summed E-state index contributed by atoms with van der Waals surface area (Å²) in [4.78, 5) is 13.5. The van der Waals surface area contributed by atoms with Gasteiger partial charge in [-0.2, -0.15) is 0 Å². The Morgan fingerprint density at radius 2 is 2.16 bits per heavy atom.